The second kappa shape index (κ2) is 8.71. The van der Waals surface area contributed by atoms with E-state index in [1.165, 1.54) is 0 Å². The number of urea groups is 1. The number of hydrogen-bond acceptors (Lipinski definition) is 4. The van der Waals surface area contributed by atoms with E-state index in [9.17, 15) is 4.79 Å². The number of furan rings is 1. The van der Waals surface area contributed by atoms with Gasteiger partial charge in [0, 0.05) is 30.4 Å². The van der Waals surface area contributed by atoms with Crippen LogP contribution in [0.25, 0.3) is 0 Å². The van der Waals surface area contributed by atoms with E-state index >= 15 is 0 Å². The summed E-state index contributed by atoms with van der Waals surface area (Å²) < 4.78 is 10.6. The molecular weight excluding hydrogens is 282 g/mol. The summed E-state index contributed by atoms with van der Waals surface area (Å²) in [5, 5.41) is 5.55. The average molecular weight is 303 g/mol. The van der Waals surface area contributed by atoms with E-state index in [1.54, 1.807) is 24.8 Å². The van der Waals surface area contributed by atoms with Crippen LogP contribution in [0.2, 0.25) is 0 Å². The fraction of sp³-hybridized carbons (Fsp3) is 0.375. The molecule has 0 saturated carbocycles. The van der Waals surface area contributed by atoms with Crippen molar-refractivity contribution in [3.05, 3.63) is 48.0 Å². The highest BCUT2D eigenvalue weighted by Crippen LogP contribution is 2.14. The van der Waals surface area contributed by atoms with Gasteiger partial charge in [-0.3, -0.25) is 0 Å². The first-order valence-electron chi connectivity index (χ1n) is 7.39. The van der Waals surface area contributed by atoms with Crippen molar-refractivity contribution in [2.45, 2.75) is 32.9 Å². The monoisotopic (exact) mass is 303 g/mol. The van der Waals surface area contributed by atoms with Gasteiger partial charge in [0.1, 0.15) is 0 Å². The zero-order chi connectivity index (χ0) is 15.6. The third kappa shape index (κ3) is 5.12. The average Bonchev–Trinajstić information content (AvgIpc) is 3.05. The Labute approximate surface area is 129 Å². The van der Waals surface area contributed by atoms with Crippen molar-refractivity contribution in [1.29, 1.82) is 0 Å². The summed E-state index contributed by atoms with van der Waals surface area (Å²) in [5.74, 6) is 0.575. The number of amides is 2. The zero-order valence-corrected chi connectivity index (χ0v) is 12.7. The van der Waals surface area contributed by atoms with Crippen LogP contribution in [-0.4, -0.2) is 17.6 Å². The van der Waals surface area contributed by atoms with Crippen LogP contribution in [0.3, 0.4) is 0 Å². The van der Waals surface area contributed by atoms with Gasteiger partial charge in [-0.2, -0.15) is 0 Å². The molecule has 0 atom stereocenters. The summed E-state index contributed by atoms with van der Waals surface area (Å²) in [5.41, 5.74) is 1.78. The molecule has 0 aliphatic rings. The van der Waals surface area contributed by atoms with Crippen molar-refractivity contribution in [3.8, 4) is 5.88 Å². The molecule has 0 spiro atoms. The normalized spacial score (nSPS) is 10.2. The van der Waals surface area contributed by atoms with Gasteiger partial charge < -0.3 is 19.8 Å². The molecule has 118 valence electrons. The molecule has 0 aromatic carbocycles. The van der Waals surface area contributed by atoms with Gasteiger partial charge in [0.15, 0.2) is 0 Å². The van der Waals surface area contributed by atoms with E-state index in [1.807, 2.05) is 12.1 Å². The van der Waals surface area contributed by atoms with Crippen LogP contribution in [0.15, 0.2) is 41.3 Å². The number of carbonyl (C=O) groups excluding carboxylic acids is 1. The summed E-state index contributed by atoms with van der Waals surface area (Å²) in [6.07, 6.45) is 6.90. The van der Waals surface area contributed by atoms with Crippen LogP contribution in [0.4, 0.5) is 4.79 Å². The fourth-order valence-corrected chi connectivity index (χ4v) is 1.82. The highest BCUT2D eigenvalue weighted by Gasteiger charge is 2.07. The SMILES string of the molecule is CCCCOc1ncccc1CNC(=O)NCc1ccoc1. The molecule has 0 radical (unpaired) electrons. The summed E-state index contributed by atoms with van der Waals surface area (Å²) >= 11 is 0. The maximum absolute atomic E-state index is 11.8. The van der Waals surface area contributed by atoms with Crippen molar-refractivity contribution in [3.63, 3.8) is 0 Å². The first-order valence-corrected chi connectivity index (χ1v) is 7.39. The number of rotatable bonds is 8. The topological polar surface area (TPSA) is 76.4 Å². The van der Waals surface area contributed by atoms with Crippen LogP contribution < -0.4 is 15.4 Å². The van der Waals surface area contributed by atoms with Crippen molar-refractivity contribution in [1.82, 2.24) is 15.6 Å². The smallest absolute Gasteiger partial charge is 0.315 e. The van der Waals surface area contributed by atoms with Gasteiger partial charge in [-0.15, -0.1) is 0 Å². The summed E-state index contributed by atoms with van der Waals surface area (Å²) in [7, 11) is 0. The van der Waals surface area contributed by atoms with Gasteiger partial charge in [-0.1, -0.05) is 19.4 Å². The summed E-state index contributed by atoms with van der Waals surface area (Å²) in [4.78, 5) is 16.0. The molecule has 2 aromatic heterocycles. The van der Waals surface area contributed by atoms with E-state index in [4.69, 9.17) is 9.15 Å². The molecule has 0 aliphatic carbocycles. The van der Waals surface area contributed by atoms with Crippen molar-refractivity contribution < 1.29 is 13.9 Å². The Morgan fingerprint density at radius 2 is 2.18 bits per heavy atom. The number of pyridine rings is 1. The highest BCUT2D eigenvalue weighted by molar-refractivity contribution is 5.73. The van der Waals surface area contributed by atoms with E-state index in [0.717, 1.165) is 24.0 Å². The third-order valence-corrected chi connectivity index (χ3v) is 3.06. The molecule has 0 bridgehead atoms. The lowest BCUT2D eigenvalue weighted by molar-refractivity contribution is 0.239. The van der Waals surface area contributed by atoms with Crippen LogP contribution >= 0.6 is 0 Å². The molecule has 2 rings (SSSR count). The summed E-state index contributed by atoms with van der Waals surface area (Å²) in [6.45, 7) is 3.53. The molecule has 22 heavy (non-hydrogen) atoms. The molecule has 6 nitrogen and oxygen atoms in total. The lowest BCUT2D eigenvalue weighted by atomic mass is 10.2. The molecule has 0 fully saturated rings. The van der Waals surface area contributed by atoms with Gasteiger partial charge in [-0.25, -0.2) is 9.78 Å². The minimum Gasteiger partial charge on any atom is -0.477 e. The standard InChI is InChI=1S/C16H21N3O3/c1-2-3-8-22-15-14(5-4-7-17-15)11-19-16(20)18-10-13-6-9-21-12-13/h4-7,9,12H,2-3,8,10-11H2,1H3,(H2,18,19,20). The van der Waals surface area contributed by atoms with Gasteiger partial charge in [0.2, 0.25) is 5.88 Å². The van der Waals surface area contributed by atoms with Crippen molar-refractivity contribution in [2.75, 3.05) is 6.61 Å². The van der Waals surface area contributed by atoms with Gasteiger partial charge in [0.25, 0.3) is 0 Å². The number of carbonyl (C=O) groups is 1. The Balaban J connectivity index is 1.79. The Kier molecular flexibility index (Phi) is 6.29. The predicted octanol–water partition coefficient (Wildman–Crippen LogP) is 2.85. The Bertz CT molecular complexity index is 570. The van der Waals surface area contributed by atoms with Gasteiger partial charge in [-0.05, 0) is 18.6 Å². The predicted molar refractivity (Wildman–Crippen MR) is 82.4 cm³/mol. The highest BCUT2D eigenvalue weighted by atomic mass is 16.5. The second-order valence-electron chi connectivity index (χ2n) is 4.84. The lowest BCUT2D eigenvalue weighted by Gasteiger charge is -2.11. The Morgan fingerprint density at radius 1 is 1.32 bits per heavy atom. The van der Waals surface area contributed by atoms with Crippen LogP contribution in [-0.2, 0) is 13.1 Å². The number of nitrogens with zero attached hydrogens (tertiary/aromatic N) is 1. The molecular formula is C16H21N3O3. The maximum atomic E-state index is 11.8. The molecule has 2 amide bonds. The number of unbranched alkanes of at least 4 members (excludes halogenated alkanes) is 1. The quantitative estimate of drug-likeness (QED) is 0.735. The van der Waals surface area contributed by atoms with Gasteiger partial charge in [0.05, 0.1) is 19.1 Å². The zero-order valence-electron chi connectivity index (χ0n) is 12.7. The first kappa shape index (κ1) is 15.9. The van der Waals surface area contributed by atoms with Crippen LogP contribution in [0.1, 0.15) is 30.9 Å². The number of ether oxygens (including phenoxy) is 1. The first-order chi connectivity index (χ1) is 10.8. The molecule has 2 heterocycles. The molecule has 2 N–H and O–H groups in total. The number of nitrogens with one attached hydrogen (secondary N) is 2. The minimum atomic E-state index is -0.246. The minimum absolute atomic E-state index is 0.246. The van der Waals surface area contributed by atoms with Crippen molar-refractivity contribution >= 4 is 6.03 Å². The van der Waals surface area contributed by atoms with E-state index < -0.39 is 0 Å². The van der Waals surface area contributed by atoms with E-state index in [0.29, 0.717) is 25.6 Å². The summed E-state index contributed by atoms with van der Waals surface area (Å²) in [6, 6.07) is 5.28. The van der Waals surface area contributed by atoms with E-state index in [2.05, 4.69) is 22.5 Å². The lowest BCUT2D eigenvalue weighted by Crippen LogP contribution is -2.34. The molecule has 2 aromatic rings. The Hall–Kier alpha value is -2.50. The third-order valence-electron chi connectivity index (χ3n) is 3.06. The maximum Gasteiger partial charge on any atom is 0.315 e. The van der Waals surface area contributed by atoms with Crippen LogP contribution in [0, 0.1) is 0 Å². The number of aromatic nitrogens is 1. The molecule has 0 unspecified atom stereocenters. The van der Waals surface area contributed by atoms with Crippen LogP contribution in [0.5, 0.6) is 5.88 Å². The molecule has 0 saturated heterocycles. The second-order valence-corrected chi connectivity index (χ2v) is 4.84. The molecule has 6 heteroatoms. The largest absolute Gasteiger partial charge is 0.477 e. The molecule has 0 aliphatic heterocycles. The van der Waals surface area contributed by atoms with Crippen molar-refractivity contribution in [2.24, 2.45) is 0 Å². The van der Waals surface area contributed by atoms with E-state index in [-0.39, 0.29) is 6.03 Å². The number of hydrogen-bond donors (Lipinski definition) is 2. The fourth-order valence-electron chi connectivity index (χ4n) is 1.82. The van der Waals surface area contributed by atoms with Gasteiger partial charge >= 0.3 is 6.03 Å². The Morgan fingerprint density at radius 3 is 2.95 bits per heavy atom.